The molecule has 1 aromatic heterocycles. The molecule has 0 atom stereocenters. The Hall–Kier alpha value is -3.29. The van der Waals surface area contributed by atoms with E-state index in [1.807, 2.05) is 0 Å². The molecule has 0 bridgehead atoms. The zero-order valence-electron chi connectivity index (χ0n) is 15.8. The Kier molecular flexibility index (Phi) is 5.91. The van der Waals surface area contributed by atoms with Crippen LogP contribution >= 0.6 is 0 Å². The van der Waals surface area contributed by atoms with E-state index in [4.69, 9.17) is 9.26 Å². The fourth-order valence-corrected chi connectivity index (χ4v) is 2.77. The van der Waals surface area contributed by atoms with Gasteiger partial charge in [-0.3, -0.25) is 4.79 Å². The van der Waals surface area contributed by atoms with Gasteiger partial charge in [-0.2, -0.15) is 13.2 Å². The van der Waals surface area contributed by atoms with E-state index in [9.17, 15) is 18.0 Å². The van der Waals surface area contributed by atoms with Crippen molar-refractivity contribution in [1.82, 2.24) is 10.5 Å². The van der Waals surface area contributed by atoms with Crippen molar-refractivity contribution in [3.8, 4) is 5.75 Å². The van der Waals surface area contributed by atoms with E-state index < -0.39 is 17.6 Å². The Morgan fingerprint density at radius 1 is 1.14 bits per heavy atom. The Bertz CT molecular complexity index is 993. The molecule has 0 radical (unpaired) electrons. The molecule has 152 valence electrons. The third-order valence-electron chi connectivity index (χ3n) is 4.39. The van der Waals surface area contributed by atoms with E-state index in [-0.39, 0.29) is 18.7 Å². The van der Waals surface area contributed by atoms with Gasteiger partial charge in [0, 0.05) is 6.54 Å². The van der Waals surface area contributed by atoms with Crippen LogP contribution in [0.15, 0.2) is 53.1 Å². The zero-order chi connectivity index (χ0) is 21.0. The van der Waals surface area contributed by atoms with Gasteiger partial charge in [-0.15, -0.1) is 0 Å². The van der Waals surface area contributed by atoms with Gasteiger partial charge in [0.25, 0.3) is 5.91 Å². The summed E-state index contributed by atoms with van der Waals surface area (Å²) in [6.45, 7) is 3.70. The highest BCUT2D eigenvalue weighted by molar-refractivity contribution is 5.96. The number of carbonyl (C=O) groups is 1. The molecule has 1 heterocycles. The molecule has 8 heteroatoms. The number of nitrogens with one attached hydrogen (secondary N) is 1. The third-order valence-corrected chi connectivity index (χ3v) is 4.39. The van der Waals surface area contributed by atoms with Crippen molar-refractivity contribution >= 4 is 5.91 Å². The van der Waals surface area contributed by atoms with Crippen molar-refractivity contribution < 1.29 is 27.2 Å². The van der Waals surface area contributed by atoms with E-state index in [0.29, 0.717) is 22.8 Å². The molecule has 5 nitrogen and oxygen atoms in total. The van der Waals surface area contributed by atoms with Crippen LogP contribution < -0.4 is 10.1 Å². The first-order valence-electron chi connectivity index (χ1n) is 8.83. The number of aryl methyl sites for hydroxylation is 2. The second-order valence-electron chi connectivity index (χ2n) is 6.47. The predicted octanol–water partition coefficient (Wildman–Crippen LogP) is 4.82. The Morgan fingerprint density at radius 3 is 2.59 bits per heavy atom. The molecular formula is C21H19F3N2O3. The van der Waals surface area contributed by atoms with Crippen LogP contribution in [-0.2, 0) is 19.3 Å². The van der Waals surface area contributed by atoms with Crippen LogP contribution in [0.25, 0.3) is 0 Å². The van der Waals surface area contributed by atoms with Crippen molar-refractivity contribution in [3.63, 3.8) is 0 Å². The fraction of sp³-hybridized carbons (Fsp3) is 0.238. The van der Waals surface area contributed by atoms with Gasteiger partial charge in [0.15, 0.2) is 0 Å². The minimum absolute atomic E-state index is 0.0407. The van der Waals surface area contributed by atoms with Crippen LogP contribution in [0, 0.1) is 13.8 Å². The van der Waals surface area contributed by atoms with Crippen LogP contribution in [0.5, 0.6) is 5.75 Å². The lowest BCUT2D eigenvalue weighted by Crippen LogP contribution is -2.23. The molecule has 0 aliphatic heterocycles. The lowest BCUT2D eigenvalue weighted by atomic mass is 10.1. The largest absolute Gasteiger partial charge is 0.488 e. The fourth-order valence-electron chi connectivity index (χ4n) is 2.77. The molecule has 3 rings (SSSR count). The number of rotatable bonds is 6. The lowest BCUT2D eigenvalue weighted by molar-refractivity contribution is -0.137. The van der Waals surface area contributed by atoms with Gasteiger partial charge in [0.05, 0.1) is 22.4 Å². The minimum atomic E-state index is -4.43. The second-order valence-corrected chi connectivity index (χ2v) is 6.47. The Morgan fingerprint density at radius 2 is 1.90 bits per heavy atom. The van der Waals surface area contributed by atoms with Crippen molar-refractivity contribution in [2.75, 3.05) is 0 Å². The number of amides is 1. The molecule has 0 spiro atoms. The van der Waals surface area contributed by atoms with Gasteiger partial charge in [-0.1, -0.05) is 29.4 Å². The first-order chi connectivity index (χ1) is 13.8. The number of carbonyl (C=O) groups excluding carboxylic acids is 1. The van der Waals surface area contributed by atoms with Crippen LogP contribution in [0.3, 0.4) is 0 Å². The van der Waals surface area contributed by atoms with Crippen LogP contribution in [0.4, 0.5) is 13.2 Å². The number of aromatic nitrogens is 1. The van der Waals surface area contributed by atoms with Crippen LogP contribution in [0.1, 0.15) is 38.5 Å². The first kappa shape index (κ1) is 20.4. The summed E-state index contributed by atoms with van der Waals surface area (Å²) in [6, 6.07) is 11.5. The highest BCUT2D eigenvalue weighted by atomic mass is 19.4. The van der Waals surface area contributed by atoms with Gasteiger partial charge in [-0.25, -0.2) is 0 Å². The van der Waals surface area contributed by atoms with Gasteiger partial charge in [0.2, 0.25) is 0 Å². The average molecular weight is 404 g/mol. The maximum Gasteiger partial charge on any atom is 0.416 e. The SMILES string of the molecule is Cc1noc(C)c1COc1ccccc1C(=O)NCc1cccc(C(F)(F)F)c1. The van der Waals surface area contributed by atoms with E-state index >= 15 is 0 Å². The van der Waals surface area contributed by atoms with E-state index in [0.717, 1.165) is 17.7 Å². The summed E-state index contributed by atoms with van der Waals surface area (Å²) in [7, 11) is 0. The smallest absolute Gasteiger partial charge is 0.416 e. The highest BCUT2D eigenvalue weighted by Crippen LogP contribution is 2.29. The van der Waals surface area contributed by atoms with Crippen LogP contribution in [-0.4, -0.2) is 11.1 Å². The predicted molar refractivity (Wildman–Crippen MR) is 99.4 cm³/mol. The number of nitrogens with zero attached hydrogens (tertiary/aromatic N) is 1. The van der Waals surface area contributed by atoms with Gasteiger partial charge in [0.1, 0.15) is 18.1 Å². The summed E-state index contributed by atoms with van der Waals surface area (Å²) < 4.78 is 49.3. The molecule has 2 aromatic carbocycles. The van der Waals surface area contributed by atoms with Crippen molar-refractivity contribution in [3.05, 3.63) is 82.2 Å². The minimum Gasteiger partial charge on any atom is -0.488 e. The standard InChI is InChI=1S/C21H19F3N2O3/c1-13-18(14(2)29-26-13)12-28-19-9-4-3-8-17(19)20(27)25-11-15-6-5-7-16(10-15)21(22,23)24/h3-10H,11-12H2,1-2H3,(H,25,27). The number of halogens is 3. The number of benzene rings is 2. The molecule has 0 aliphatic carbocycles. The summed E-state index contributed by atoms with van der Waals surface area (Å²) in [5.74, 6) is 0.541. The summed E-state index contributed by atoms with van der Waals surface area (Å²) in [5, 5.41) is 6.49. The summed E-state index contributed by atoms with van der Waals surface area (Å²) in [4.78, 5) is 12.6. The molecule has 0 fully saturated rings. The van der Waals surface area contributed by atoms with E-state index in [1.54, 1.807) is 38.1 Å². The van der Waals surface area contributed by atoms with Crippen molar-refractivity contribution in [2.24, 2.45) is 0 Å². The number of alkyl halides is 3. The summed E-state index contributed by atoms with van der Waals surface area (Å²) in [5.41, 5.74) is 1.37. The van der Waals surface area contributed by atoms with Gasteiger partial charge >= 0.3 is 6.18 Å². The Balaban J connectivity index is 1.69. The number of hydrogen-bond acceptors (Lipinski definition) is 4. The summed E-state index contributed by atoms with van der Waals surface area (Å²) >= 11 is 0. The molecule has 0 saturated heterocycles. The quantitative estimate of drug-likeness (QED) is 0.640. The first-order valence-corrected chi connectivity index (χ1v) is 8.83. The van der Waals surface area contributed by atoms with Crippen molar-refractivity contribution in [2.45, 2.75) is 33.2 Å². The Labute approximate surface area is 165 Å². The topological polar surface area (TPSA) is 64.4 Å². The maximum atomic E-state index is 12.8. The zero-order valence-corrected chi connectivity index (χ0v) is 15.8. The molecule has 3 aromatic rings. The van der Waals surface area contributed by atoms with Gasteiger partial charge in [-0.05, 0) is 43.7 Å². The van der Waals surface area contributed by atoms with Crippen LogP contribution in [0.2, 0.25) is 0 Å². The average Bonchev–Trinajstić information content (AvgIpc) is 3.02. The molecule has 0 unspecified atom stereocenters. The molecule has 29 heavy (non-hydrogen) atoms. The lowest BCUT2D eigenvalue weighted by Gasteiger charge is -2.12. The van der Waals surface area contributed by atoms with Crippen molar-refractivity contribution in [1.29, 1.82) is 0 Å². The highest BCUT2D eigenvalue weighted by Gasteiger charge is 2.30. The summed E-state index contributed by atoms with van der Waals surface area (Å²) in [6.07, 6.45) is -4.43. The van der Waals surface area contributed by atoms with E-state index in [2.05, 4.69) is 10.5 Å². The third kappa shape index (κ3) is 4.96. The van der Waals surface area contributed by atoms with Gasteiger partial charge < -0.3 is 14.6 Å². The number of ether oxygens (including phenoxy) is 1. The monoisotopic (exact) mass is 404 g/mol. The number of hydrogen-bond donors (Lipinski definition) is 1. The maximum absolute atomic E-state index is 12.8. The second kappa shape index (κ2) is 8.38. The molecule has 0 aliphatic rings. The molecule has 1 amide bonds. The van der Waals surface area contributed by atoms with E-state index in [1.165, 1.54) is 12.1 Å². The number of para-hydroxylation sites is 1. The molecule has 0 saturated carbocycles. The normalized spacial score (nSPS) is 11.3. The molecular weight excluding hydrogens is 385 g/mol. The molecule has 1 N–H and O–H groups in total.